The molecule has 0 bridgehead atoms. The fourth-order valence-electron chi connectivity index (χ4n) is 2.24. The normalized spacial score (nSPS) is 20.0. The van der Waals surface area contributed by atoms with E-state index in [9.17, 15) is 17.6 Å². The summed E-state index contributed by atoms with van der Waals surface area (Å²) in [6, 6.07) is 2.41. The summed E-state index contributed by atoms with van der Waals surface area (Å²) in [5.74, 6) is -1.54. The van der Waals surface area contributed by atoms with Crippen LogP contribution in [-0.4, -0.2) is 38.4 Å². The number of carbonyl (C=O) groups excluding carboxylic acids is 1. The van der Waals surface area contributed by atoms with E-state index >= 15 is 0 Å². The monoisotopic (exact) mass is 302 g/mol. The average Bonchev–Trinajstić information content (AvgIpc) is 2.90. The van der Waals surface area contributed by atoms with Gasteiger partial charge in [0.1, 0.15) is 16.8 Å². The number of nitrogen functional groups attached to an aromatic ring is 1. The largest absolute Gasteiger partial charge is 0.468 e. The van der Waals surface area contributed by atoms with Crippen LogP contribution >= 0.6 is 0 Å². The number of methoxy groups -OCH3 is 1. The van der Waals surface area contributed by atoms with Gasteiger partial charge in [0.2, 0.25) is 10.0 Å². The Morgan fingerprint density at radius 3 is 2.85 bits per heavy atom. The third-order valence-electron chi connectivity index (χ3n) is 3.22. The number of sulfonamides is 1. The quantitative estimate of drug-likeness (QED) is 0.657. The maximum absolute atomic E-state index is 13.8. The van der Waals surface area contributed by atoms with E-state index in [2.05, 4.69) is 4.74 Å². The Bertz CT molecular complexity index is 632. The molecule has 1 aliphatic heterocycles. The summed E-state index contributed by atoms with van der Waals surface area (Å²) < 4.78 is 44.2. The second kappa shape index (κ2) is 5.37. The second-order valence-electron chi connectivity index (χ2n) is 4.49. The van der Waals surface area contributed by atoms with E-state index in [0.717, 1.165) is 16.4 Å². The maximum atomic E-state index is 13.8. The van der Waals surface area contributed by atoms with Crippen LogP contribution in [0.3, 0.4) is 0 Å². The first-order valence-electron chi connectivity index (χ1n) is 6.02. The highest BCUT2D eigenvalue weighted by Crippen LogP contribution is 2.29. The van der Waals surface area contributed by atoms with Crippen LogP contribution in [0, 0.1) is 5.82 Å². The van der Waals surface area contributed by atoms with Crippen LogP contribution in [0.2, 0.25) is 0 Å². The average molecular weight is 302 g/mol. The number of carbonyl (C=O) groups is 1. The van der Waals surface area contributed by atoms with Gasteiger partial charge in [-0.25, -0.2) is 12.8 Å². The molecule has 1 unspecified atom stereocenters. The number of nitrogens with two attached hydrogens (primary N) is 1. The standard InChI is InChI=1S/C12H15FN2O4S/c1-19-12(16)10-3-2-6-15(10)20(17,18)11-7-8(14)4-5-9(11)13/h4-5,7,10H,2-3,6,14H2,1H3. The molecule has 1 saturated heterocycles. The number of anilines is 1. The topological polar surface area (TPSA) is 89.7 Å². The molecule has 2 rings (SSSR count). The molecule has 8 heteroatoms. The van der Waals surface area contributed by atoms with E-state index in [1.165, 1.54) is 13.2 Å². The van der Waals surface area contributed by atoms with Gasteiger partial charge in [-0.1, -0.05) is 0 Å². The third kappa shape index (κ3) is 2.48. The van der Waals surface area contributed by atoms with Gasteiger partial charge in [0.15, 0.2) is 0 Å². The highest BCUT2D eigenvalue weighted by atomic mass is 32.2. The second-order valence-corrected chi connectivity index (χ2v) is 6.35. The van der Waals surface area contributed by atoms with Gasteiger partial charge in [-0.15, -0.1) is 0 Å². The van der Waals surface area contributed by atoms with Crippen molar-refractivity contribution in [2.75, 3.05) is 19.4 Å². The molecule has 110 valence electrons. The first-order valence-corrected chi connectivity index (χ1v) is 7.46. The van der Waals surface area contributed by atoms with Crippen molar-refractivity contribution >= 4 is 21.7 Å². The molecule has 0 saturated carbocycles. The van der Waals surface area contributed by atoms with Gasteiger partial charge >= 0.3 is 5.97 Å². The molecule has 1 heterocycles. The number of hydrogen-bond acceptors (Lipinski definition) is 5. The Labute approximate surface area is 116 Å². The number of rotatable bonds is 3. The first kappa shape index (κ1) is 14.7. The molecule has 0 aliphatic carbocycles. The predicted molar refractivity (Wildman–Crippen MR) is 69.7 cm³/mol. The molecule has 1 aromatic carbocycles. The predicted octanol–water partition coefficient (Wildman–Crippen LogP) is 0.734. The number of ether oxygens (including phenoxy) is 1. The van der Waals surface area contributed by atoms with Crippen LogP contribution in [0.5, 0.6) is 0 Å². The van der Waals surface area contributed by atoms with Gasteiger partial charge in [-0.05, 0) is 31.0 Å². The van der Waals surface area contributed by atoms with Crippen molar-refractivity contribution in [1.29, 1.82) is 0 Å². The zero-order valence-electron chi connectivity index (χ0n) is 10.9. The zero-order chi connectivity index (χ0) is 14.9. The van der Waals surface area contributed by atoms with Gasteiger partial charge in [0.05, 0.1) is 7.11 Å². The summed E-state index contributed by atoms with van der Waals surface area (Å²) in [6.45, 7) is 0.149. The molecule has 1 fully saturated rings. The number of nitrogens with zero attached hydrogens (tertiary/aromatic N) is 1. The molecular weight excluding hydrogens is 287 g/mol. The van der Waals surface area contributed by atoms with Crippen LogP contribution in [-0.2, 0) is 19.6 Å². The molecule has 0 radical (unpaired) electrons. The van der Waals surface area contributed by atoms with Gasteiger partial charge in [-0.2, -0.15) is 4.31 Å². The Morgan fingerprint density at radius 2 is 2.20 bits per heavy atom. The maximum Gasteiger partial charge on any atom is 0.324 e. The fourth-order valence-corrected chi connectivity index (χ4v) is 3.99. The lowest BCUT2D eigenvalue weighted by Crippen LogP contribution is -2.41. The Balaban J connectivity index is 2.44. The van der Waals surface area contributed by atoms with Crippen molar-refractivity contribution < 1.29 is 22.3 Å². The molecule has 20 heavy (non-hydrogen) atoms. The summed E-state index contributed by atoms with van der Waals surface area (Å²) in [5.41, 5.74) is 5.64. The zero-order valence-corrected chi connectivity index (χ0v) is 11.7. The van der Waals surface area contributed by atoms with E-state index in [-0.39, 0.29) is 12.2 Å². The SMILES string of the molecule is COC(=O)C1CCCN1S(=O)(=O)c1cc(N)ccc1F. The van der Waals surface area contributed by atoms with E-state index in [0.29, 0.717) is 12.8 Å². The van der Waals surface area contributed by atoms with Crippen LogP contribution in [0.25, 0.3) is 0 Å². The number of halogens is 1. The van der Waals surface area contributed by atoms with E-state index in [1.54, 1.807) is 0 Å². The molecule has 0 spiro atoms. The third-order valence-corrected chi connectivity index (χ3v) is 5.14. The van der Waals surface area contributed by atoms with E-state index < -0.39 is 32.7 Å². The summed E-state index contributed by atoms with van der Waals surface area (Å²) in [4.78, 5) is 11.1. The molecule has 2 N–H and O–H groups in total. The van der Waals surface area contributed by atoms with Crippen molar-refractivity contribution in [3.63, 3.8) is 0 Å². The fraction of sp³-hybridized carbons (Fsp3) is 0.417. The van der Waals surface area contributed by atoms with E-state index in [4.69, 9.17) is 5.73 Å². The molecule has 0 aromatic heterocycles. The molecule has 6 nitrogen and oxygen atoms in total. The van der Waals surface area contributed by atoms with Crippen LogP contribution < -0.4 is 5.73 Å². The summed E-state index contributed by atoms with van der Waals surface area (Å²) in [6.07, 6.45) is 0.874. The van der Waals surface area contributed by atoms with Crippen LogP contribution in [0.4, 0.5) is 10.1 Å². The molecule has 1 aromatic rings. The number of hydrogen-bond donors (Lipinski definition) is 1. The van der Waals surface area contributed by atoms with Crippen LogP contribution in [0.1, 0.15) is 12.8 Å². The lowest BCUT2D eigenvalue weighted by atomic mass is 10.2. The van der Waals surface area contributed by atoms with Gasteiger partial charge in [-0.3, -0.25) is 4.79 Å². The molecule has 0 amide bonds. The van der Waals surface area contributed by atoms with Gasteiger partial charge in [0, 0.05) is 12.2 Å². The Hall–Kier alpha value is -1.67. The number of esters is 1. The Morgan fingerprint density at radius 1 is 1.50 bits per heavy atom. The molecule has 1 atom stereocenters. The highest BCUT2D eigenvalue weighted by Gasteiger charge is 2.41. The van der Waals surface area contributed by atoms with Crippen molar-refractivity contribution in [2.24, 2.45) is 0 Å². The Kier molecular flexibility index (Phi) is 3.96. The van der Waals surface area contributed by atoms with Gasteiger partial charge in [0.25, 0.3) is 0 Å². The first-order chi connectivity index (χ1) is 9.37. The van der Waals surface area contributed by atoms with Crippen molar-refractivity contribution in [3.8, 4) is 0 Å². The summed E-state index contributed by atoms with van der Waals surface area (Å²) >= 11 is 0. The van der Waals surface area contributed by atoms with Crippen LogP contribution in [0.15, 0.2) is 23.1 Å². The molecule has 1 aliphatic rings. The van der Waals surface area contributed by atoms with E-state index in [1.807, 2.05) is 0 Å². The molecular formula is C12H15FN2O4S. The van der Waals surface area contributed by atoms with Gasteiger partial charge < -0.3 is 10.5 Å². The minimum Gasteiger partial charge on any atom is -0.468 e. The summed E-state index contributed by atoms with van der Waals surface area (Å²) in [7, 11) is -2.93. The summed E-state index contributed by atoms with van der Waals surface area (Å²) in [5, 5.41) is 0. The minimum atomic E-state index is -4.12. The highest BCUT2D eigenvalue weighted by molar-refractivity contribution is 7.89. The van der Waals surface area contributed by atoms with Crippen molar-refractivity contribution in [2.45, 2.75) is 23.8 Å². The lowest BCUT2D eigenvalue weighted by molar-refractivity contribution is -0.144. The smallest absolute Gasteiger partial charge is 0.324 e. The minimum absolute atomic E-state index is 0.138. The van der Waals surface area contributed by atoms with Crippen molar-refractivity contribution in [1.82, 2.24) is 4.31 Å². The van der Waals surface area contributed by atoms with Crippen molar-refractivity contribution in [3.05, 3.63) is 24.0 Å². The lowest BCUT2D eigenvalue weighted by Gasteiger charge is -2.22. The number of benzene rings is 1.